The van der Waals surface area contributed by atoms with Gasteiger partial charge in [-0.3, -0.25) is 14.8 Å². The highest BCUT2D eigenvalue weighted by Gasteiger charge is 2.21. The summed E-state index contributed by atoms with van der Waals surface area (Å²) in [6, 6.07) is 7.20. The number of ether oxygens (including phenoxy) is 3. The number of pyridine rings is 2. The normalized spacial score (nSPS) is 12.5. The van der Waals surface area contributed by atoms with Gasteiger partial charge in [0.15, 0.2) is 11.6 Å². The van der Waals surface area contributed by atoms with E-state index in [0.29, 0.717) is 29.2 Å². The summed E-state index contributed by atoms with van der Waals surface area (Å²) in [4.78, 5) is 37.5. The Hall–Kier alpha value is -4.82. The van der Waals surface area contributed by atoms with E-state index in [4.69, 9.17) is 29.9 Å². The van der Waals surface area contributed by atoms with Crippen molar-refractivity contribution in [1.82, 2.24) is 30.0 Å². The van der Waals surface area contributed by atoms with Gasteiger partial charge < -0.3 is 24.8 Å². The fourth-order valence-corrected chi connectivity index (χ4v) is 4.23. The van der Waals surface area contributed by atoms with Crippen LogP contribution in [0.4, 0.5) is 26.4 Å². The molecule has 4 rings (SSSR count). The van der Waals surface area contributed by atoms with Crippen molar-refractivity contribution < 1.29 is 32.3 Å². The van der Waals surface area contributed by atoms with E-state index < -0.39 is 30.4 Å². The lowest BCUT2D eigenvalue weighted by Crippen LogP contribution is -2.27. The summed E-state index contributed by atoms with van der Waals surface area (Å²) in [6.07, 6.45) is 1.95. The number of amides is 2. The molecule has 238 valence electrons. The predicted octanol–water partition coefficient (Wildman–Crippen LogP) is 5.72. The molecule has 3 aromatic heterocycles. The van der Waals surface area contributed by atoms with Crippen LogP contribution < -0.4 is 20.7 Å². The standard InChI is InChI=1S/C30H34ClFN8O5/c1-7-40-16-35-27(39-40)18-10-17(11-22(26(18)43-6)36-21-12-24(31)34-13-19(21)28(41)33-5)14-44-15-23-20(32)8-9-25(37-23)38-29(42)45-30(2,3)4/h8-13,16H,7,14-15H2,1-6H3,(H,33,41)(H,34,36)(H,37,38,42)/i5D3. The molecule has 0 fully saturated rings. The number of methoxy groups -OCH3 is 1. The van der Waals surface area contributed by atoms with Crippen molar-refractivity contribution in [3.05, 3.63) is 70.6 Å². The van der Waals surface area contributed by atoms with Crippen LogP contribution in [0.15, 0.2) is 42.9 Å². The van der Waals surface area contributed by atoms with Gasteiger partial charge in [0.25, 0.3) is 5.91 Å². The number of anilines is 3. The number of carbonyl (C=O) groups is 2. The van der Waals surface area contributed by atoms with Crippen LogP contribution in [-0.2, 0) is 29.2 Å². The fraction of sp³-hybridized carbons (Fsp3) is 0.333. The second-order valence-electron chi connectivity index (χ2n) is 10.5. The molecule has 3 heterocycles. The van der Waals surface area contributed by atoms with Crippen LogP contribution in [0.25, 0.3) is 11.4 Å². The van der Waals surface area contributed by atoms with E-state index in [1.807, 2.05) is 12.2 Å². The number of carbonyl (C=O) groups excluding carboxylic acids is 2. The predicted molar refractivity (Wildman–Crippen MR) is 166 cm³/mol. The topological polar surface area (TPSA) is 154 Å². The van der Waals surface area contributed by atoms with E-state index in [1.54, 1.807) is 43.9 Å². The number of nitrogens with one attached hydrogen (secondary N) is 3. The van der Waals surface area contributed by atoms with Gasteiger partial charge in [0, 0.05) is 23.8 Å². The van der Waals surface area contributed by atoms with E-state index in [9.17, 15) is 14.0 Å². The SMILES string of the molecule is [2H]C([2H])([2H])NC(=O)c1cnc(Cl)cc1Nc1cc(COCc2nc(NC(=O)OC(C)(C)C)ccc2F)cc(-c2ncn(CC)n2)c1OC. The highest BCUT2D eigenvalue weighted by atomic mass is 35.5. The lowest BCUT2D eigenvalue weighted by atomic mass is 10.1. The quantitative estimate of drug-likeness (QED) is 0.173. The van der Waals surface area contributed by atoms with Gasteiger partial charge in [0.1, 0.15) is 34.4 Å². The number of aryl methyl sites for hydroxylation is 1. The first-order chi connectivity index (χ1) is 22.5. The summed E-state index contributed by atoms with van der Waals surface area (Å²) in [5.41, 5.74) is 0.561. The molecule has 0 spiro atoms. The van der Waals surface area contributed by atoms with Crippen molar-refractivity contribution in [2.45, 2.75) is 53.1 Å². The number of hydrogen-bond donors (Lipinski definition) is 3. The molecule has 0 unspecified atom stereocenters. The van der Waals surface area contributed by atoms with Gasteiger partial charge in [-0.2, -0.15) is 5.10 Å². The Morgan fingerprint density at radius 3 is 2.62 bits per heavy atom. The molecule has 0 saturated heterocycles. The van der Waals surface area contributed by atoms with Gasteiger partial charge in [-0.05, 0) is 63.6 Å². The van der Waals surface area contributed by atoms with Gasteiger partial charge in [-0.15, -0.1) is 0 Å². The zero-order valence-electron chi connectivity index (χ0n) is 28.2. The Balaban J connectivity index is 1.65. The molecule has 13 nitrogen and oxygen atoms in total. The molecule has 0 aliphatic rings. The van der Waals surface area contributed by atoms with Gasteiger partial charge in [0.05, 0.1) is 42.8 Å². The van der Waals surface area contributed by atoms with Crippen molar-refractivity contribution in [3.8, 4) is 17.1 Å². The Kier molecular flexibility index (Phi) is 9.20. The molecule has 0 aliphatic heterocycles. The van der Waals surface area contributed by atoms with Gasteiger partial charge in [0.2, 0.25) is 0 Å². The minimum absolute atomic E-state index is 0.0304. The molecule has 2 amide bonds. The molecule has 0 atom stereocenters. The van der Waals surface area contributed by atoms with Crippen LogP contribution in [-0.4, -0.2) is 56.4 Å². The number of aromatic nitrogens is 5. The summed E-state index contributed by atoms with van der Waals surface area (Å²) in [7, 11) is 1.44. The van der Waals surface area contributed by atoms with Crippen LogP contribution in [0.3, 0.4) is 0 Å². The maximum atomic E-state index is 14.7. The second kappa shape index (κ2) is 14.3. The zero-order valence-corrected chi connectivity index (χ0v) is 26.0. The third-order valence-corrected chi connectivity index (χ3v) is 6.21. The first-order valence-corrected chi connectivity index (χ1v) is 14.0. The Labute approximate surface area is 268 Å². The van der Waals surface area contributed by atoms with E-state index in [2.05, 4.69) is 30.7 Å². The van der Waals surface area contributed by atoms with E-state index >= 15 is 0 Å². The summed E-state index contributed by atoms with van der Waals surface area (Å²) in [5.74, 6) is -0.873. The van der Waals surface area contributed by atoms with Crippen molar-refractivity contribution >= 4 is 40.8 Å². The highest BCUT2D eigenvalue weighted by Crippen LogP contribution is 2.39. The average Bonchev–Trinajstić information content (AvgIpc) is 3.46. The molecule has 45 heavy (non-hydrogen) atoms. The average molecular weight is 644 g/mol. The minimum atomic E-state index is -2.75. The first-order valence-electron chi connectivity index (χ1n) is 15.1. The maximum absolute atomic E-state index is 14.7. The number of rotatable bonds is 11. The number of nitrogens with zero attached hydrogens (tertiary/aromatic N) is 5. The Bertz CT molecular complexity index is 1800. The van der Waals surface area contributed by atoms with Crippen molar-refractivity contribution in [3.63, 3.8) is 0 Å². The third kappa shape index (κ3) is 8.64. The van der Waals surface area contributed by atoms with Crippen molar-refractivity contribution in [2.24, 2.45) is 0 Å². The number of benzene rings is 1. The van der Waals surface area contributed by atoms with Gasteiger partial charge in [-0.1, -0.05) is 11.6 Å². The number of hydrogen-bond acceptors (Lipinski definition) is 10. The van der Waals surface area contributed by atoms with Crippen LogP contribution in [0.5, 0.6) is 5.75 Å². The molecule has 0 saturated carbocycles. The monoisotopic (exact) mass is 643 g/mol. The molecule has 0 aliphatic carbocycles. The molecular weight excluding hydrogens is 607 g/mol. The van der Waals surface area contributed by atoms with Crippen molar-refractivity contribution in [2.75, 3.05) is 24.7 Å². The number of halogens is 2. The lowest BCUT2D eigenvalue weighted by Gasteiger charge is -2.19. The molecule has 15 heteroatoms. The summed E-state index contributed by atoms with van der Waals surface area (Å²) < 4.78 is 55.4. The van der Waals surface area contributed by atoms with Gasteiger partial charge >= 0.3 is 6.09 Å². The van der Waals surface area contributed by atoms with Crippen molar-refractivity contribution in [1.29, 1.82) is 0 Å². The van der Waals surface area contributed by atoms with E-state index in [1.165, 1.54) is 19.2 Å². The third-order valence-electron chi connectivity index (χ3n) is 6.01. The van der Waals surface area contributed by atoms with Gasteiger partial charge in [-0.25, -0.2) is 24.1 Å². The Morgan fingerprint density at radius 2 is 1.93 bits per heavy atom. The van der Waals surface area contributed by atoms with Crippen LogP contribution >= 0.6 is 11.6 Å². The molecule has 4 aromatic rings. The Morgan fingerprint density at radius 1 is 1.13 bits per heavy atom. The lowest BCUT2D eigenvalue weighted by molar-refractivity contribution is 0.0634. The largest absolute Gasteiger partial charge is 0.494 e. The smallest absolute Gasteiger partial charge is 0.413 e. The van der Waals surface area contributed by atoms with E-state index in [-0.39, 0.29) is 46.9 Å². The highest BCUT2D eigenvalue weighted by molar-refractivity contribution is 6.29. The fourth-order valence-electron chi connectivity index (χ4n) is 4.08. The maximum Gasteiger partial charge on any atom is 0.413 e. The van der Waals surface area contributed by atoms with Crippen LogP contribution in [0.2, 0.25) is 5.15 Å². The minimum Gasteiger partial charge on any atom is -0.494 e. The molecular formula is C30H34ClFN8O5. The van der Waals surface area contributed by atoms with Crippen LogP contribution in [0, 0.1) is 5.82 Å². The molecule has 0 bridgehead atoms. The second-order valence-corrected chi connectivity index (χ2v) is 10.9. The molecule has 1 aromatic carbocycles. The summed E-state index contributed by atoms with van der Waals surface area (Å²) in [6.45, 7) is 4.52. The van der Waals surface area contributed by atoms with Crippen LogP contribution in [0.1, 0.15) is 53.4 Å². The first kappa shape index (κ1) is 28.9. The molecule has 3 N–H and O–H groups in total. The molecule has 0 radical (unpaired) electrons. The zero-order chi connectivity index (χ0) is 35.2. The summed E-state index contributed by atoms with van der Waals surface area (Å²) >= 11 is 6.14. The summed E-state index contributed by atoms with van der Waals surface area (Å²) in [5, 5.41) is 12.0. The van der Waals surface area contributed by atoms with E-state index in [0.717, 1.165) is 12.3 Å².